The fourth-order valence-electron chi connectivity index (χ4n) is 4.22. The maximum absolute atomic E-state index is 12.1. The van der Waals surface area contributed by atoms with Crippen LogP contribution in [-0.4, -0.2) is 57.2 Å². The molecular formula is C23H29N3O2S. The van der Waals surface area contributed by atoms with Crippen molar-refractivity contribution in [3.05, 3.63) is 48.0 Å². The Morgan fingerprint density at radius 2 is 1.93 bits per heavy atom. The fourth-order valence-corrected chi connectivity index (χ4v) is 5.30. The Hall–Kier alpha value is -2.02. The van der Waals surface area contributed by atoms with Gasteiger partial charge in [0.05, 0.1) is 24.0 Å². The highest BCUT2D eigenvalue weighted by atomic mass is 32.2. The van der Waals surface area contributed by atoms with Crippen LogP contribution >= 0.6 is 11.8 Å². The van der Waals surface area contributed by atoms with Crippen molar-refractivity contribution in [2.75, 3.05) is 45.2 Å². The number of anilines is 2. The van der Waals surface area contributed by atoms with Crippen LogP contribution < -0.4 is 10.2 Å². The highest BCUT2D eigenvalue weighted by Gasteiger charge is 2.25. The minimum absolute atomic E-state index is 0.290. The molecule has 0 aromatic heterocycles. The Bertz CT molecular complexity index is 867. The molecule has 4 rings (SSSR count). The van der Waals surface area contributed by atoms with Crippen LogP contribution in [0.15, 0.2) is 52.3 Å². The lowest BCUT2D eigenvalue weighted by Crippen LogP contribution is -2.42. The van der Waals surface area contributed by atoms with Gasteiger partial charge in [0.1, 0.15) is 0 Å². The van der Waals surface area contributed by atoms with Crippen LogP contribution in [0.2, 0.25) is 0 Å². The van der Waals surface area contributed by atoms with Gasteiger partial charge in [0, 0.05) is 22.4 Å². The molecule has 154 valence electrons. The maximum atomic E-state index is 12.1. The summed E-state index contributed by atoms with van der Waals surface area (Å²) in [5, 5.41) is 3.44. The quantitative estimate of drug-likeness (QED) is 0.721. The van der Waals surface area contributed by atoms with E-state index in [0.717, 1.165) is 38.3 Å². The van der Waals surface area contributed by atoms with Crippen molar-refractivity contribution < 1.29 is 9.53 Å². The second-order valence-corrected chi connectivity index (χ2v) is 8.79. The summed E-state index contributed by atoms with van der Waals surface area (Å²) in [5.74, 6) is -0.290. The molecule has 0 bridgehead atoms. The molecule has 0 atom stereocenters. The third-order valence-electron chi connectivity index (χ3n) is 5.87. The number of piperidine rings is 1. The van der Waals surface area contributed by atoms with Gasteiger partial charge in [-0.2, -0.15) is 0 Å². The minimum Gasteiger partial charge on any atom is -0.465 e. The van der Waals surface area contributed by atoms with Gasteiger partial charge >= 0.3 is 5.97 Å². The van der Waals surface area contributed by atoms with Crippen molar-refractivity contribution in [3.8, 4) is 0 Å². The van der Waals surface area contributed by atoms with E-state index in [1.54, 1.807) is 11.8 Å². The Morgan fingerprint density at radius 1 is 1.17 bits per heavy atom. The van der Waals surface area contributed by atoms with Gasteiger partial charge in [-0.15, -0.1) is 0 Å². The van der Waals surface area contributed by atoms with Crippen LogP contribution in [0, 0.1) is 0 Å². The lowest BCUT2D eigenvalue weighted by molar-refractivity contribution is 0.0600. The lowest BCUT2D eigenvalue weighted by atomic mass is 10.1. The summed E-state index contributed by atoms with van der Waals surface area (Å²) in [6.45, 7) is 4.23. The first-order valence-electron chi connectivity index (χ1n) is 10.3. The topological polar surface area (TPSA) is 44.8 Å². The number of fused-ring (bicyclic) bond motifs is 2. The van der Waals surface area contributed by atoms with Gasteiger partial charge in [-0.25, -0.2) is 4.79 Å². The first-order valence-corrected chi connectivity index (χ1v) is 11.2. The van der Waals surface area contributed by atoms with Crippen LogP contribution in [0.5, 0.6) is 0 Å². The van der Waals surface area contributed by atoms with Crippen LogP contribution in [0.4, 0.5) is 11.4 Å². The summed E-state index contributed by atoms with van der Waals surface area (Å²) in [5.41, 5.74) is 2.92. The summed E-state index contributed by atoms with van der Waals surface area (Å²) in [6.07, 6.45) is 3.53. The molecule has 0 unspecified atom stereocenters. The Labute approximate surface area is 177 Å². The molecule has 2 aromatic carbocycles. The Balaban J connectivity index is 1.52. The molecule has 1 fully saturated rings. The van der Waals surface area contributed by atoms with Crippen LogP contribution in [0.25, 0.3) is 0 Å². The summed E-state index contributed by atoms with van der Waals surface area (Å²) >= 11 is 1.77. The molecule has 29 heavy (non-hydrogen) atoms. The van der Waals surface area contributed by atoms with Gasteiger partial charge in [0.15, 0.2) is 0 Å². The first-order chi connectivity index (χ1) is 14.2. The van der Waals surface area contributed by atoms with E-state index in [4.69, 9.17) is 4.74 Å². The van der Waals surface area contributed by atoms with E-state index in [1.165, 1.54) is 35.4 Å². The molecule has 1 N–H and O–H groups in total. The zero-order valence-corrected chi connectivity index (χ0v) is 18.0. The van der Waals surface area contributed by atoms with Gasteiger partial charge in [0.25, 0.3) is 0 Å². The molecule has 5 nitrogen and oxygen atoms in total. The van der Waals surface area contributed by atoms with Crippen LogP contribution in [0.3, 0.4) is 0 Å². The molecular weight excluding hydrogens is 382 g/mol. The Kier molecular flexibility index (Phi) is 6.43. The number of benzene rings is 2. The molecule has 2 aliphatic heterocycles. The summed E-state index contributed by atoms with van der Waals surface area (Å²) in [6, 6.07) is 15.1. The number of hydrogen-bond acceptors (Lipinski definition) is 6. The summed E-state index contributed by atoms with van der Waals surface area (Å²) in [7, 11) is 3.68. The van der Waals surface area contributed by atoms with E-state index in [9.17, 15) is 4.79 Å². The summed E-state index contributed by atoms with van der Waals surface area (Å²) in [4.78, 5) is 19.4. The van der Waals surface area contributed by atoms with Gasteiger partial charge in [-0.1, -0.05) is 23.9 Å². The monoisotopic (exact) mass is 411 g/mol. The molecule has 2 aromatic rings. The predicted molar refractivity (Wildman–Crippen MR) is 118 cm³/mol. The van der Waals surface area contributed by atoms with Crippen molar-refractivity contribution in [1.82, 2.24) is 10.2 Å². The first kappa shape index (κ1) is 20.3. The van der Waals surface area contributed by atoms with Crippen molar-refractivity contribution in [2.24, 2.45) is 0 Å². The molecule has 6 heteroatoms. The predicted octanol–water partition coefficient (Wildman–Crippen LogP) is 4.15. The highest BCUT2D eigenvalue weighted by molar-refractivity contribution is 7.99. The minimum atomic E-state index is -0.290. The number of nitrogens with one attached hydrogen (secondary N) is 1. The average Bonchev–Trinajstić information content (AvgIpc) is 2.78. The van der Waals surface area contributed by atoms with E-state index in [2.05, 4.69) is 46.4 Å². The zero-order chi connectivity index (χ0) is 20.2. The van der Waals surface area contributed by atoms with E-state index in [1.807, 2.05) is 18.2 Å². The van der Waals surface area contributed by atoms with Crippen molar-refractivity contribution in [3.63, 3.8) is 0 Å². The molecule has 0 saturated carbocycles. The van der Waals surface area contributed by atoms with Crippen molar-refractivity contribution >= 4 is 29.1 Å². The third-order valence-corrected chi connectivity index (χ3v) is 7.00. The van der Waals surface area contributed by atoms with Crippen molar-refractivity contribution in [2.45, 2.75) is 35.1 Å². The lowest BCUT2D eigenvalue weighted by Gasteiger charge is -2.35. The highest BCUT2D eigenvalue weighted by Crippen LogP contribution is 2.48. The number of nitrogens with zero attached hydrogens (tertiary/aromatic N) is 2. The second kappa shape index (κ2) is 9.20. The molecule has 0 radical (unpaired) electrons. The standard InChI is InChI=1S/C23H29N3O2S/c1-25(18-10-12-24-13-11-18)14-5-15-26-19-6-3-4-7-21(19)29-22-9-8-17(16-20(22)26)23(27)28-2/h3-4,6-9,16,18,24H,5,10-15H2,1-2H3. The molecule has 2 aliphatic rings. The molecule has 0 amide bonds. The number of carbonyl (C=O) groups is 1. The number of carbonyl (C=O) groups excluding carboxylic acids is 1. The third kappa shape index (κ3) is 4.44. The zero-order valence-electron chi connectivity index (χ0n) is 17.2. The molecule has 0 spiro atoms. The number of esters is 1. The molecule has 2 heterocycles. The van der Waals surface area contributed by atoms with E-state index >= 15 is 0 Å². The Morgan fingerprint density at radius 3 is 2.72 bits per heavy atom. The SMILES string of the molecule is COC(=O)c1ccc2c(c1)N(CCCN(C)C1CCNCC1)c1ccccc1S2. The second-order valence-electron chi connectivity index (χ2n) is 7.71. The van der Waals surface area contributed by atoms with E-state index < -0.39 is 0 Å². The number of methoxy groups -OCH3 is 1. The van der Waals surface area contributed by atoms with Gasteiger partial charge < -0.3 is 19.9 Å². The van der Waals surface area contributed by atoms with Crippen LogP contribution in [0.1, 0.15) is 29.6 Å². The number of rotatable bonds is 6. The fraction of sp³-hybridized carbons (Fsp3) is 0.435. The number of hydrogen-bond donors (Lipinski definition) is 1. The average molecular weight is 412 g/mol. The van der Waals surface area contributed by atoms with Gasteiger partial charge in [0.2, 0.25) is 0 Å². The van der Waals surface area contributed by atoms with Crippen LogP contribution in [-0.2, 0) is 4.74 Å². The summed E-state index contributed by atoms with van der Waals surface area (Å²) < 4.78 is 4.94. The molecule has 1 saturated heterocycles. The number of ether oxygens (including phenoxy) is 1. The normalized spacial score (nSPS) is 16.4. The van der Waals surface area contributed by atoms with E-state index in [0.29, 0.717) is 11.6 Å². The number of para-hydroxylation sites is 1. The van der Waals surface area contributed by atoms with Gasteiger partial charge in [-0.3, -0.25) is 0 Å². The van der Waals surface area contributed by atoms with Gasteiger partial charge in [-0.05, 0) is 76.3 Å². The smallest absolute Gasteiger partial charge is 0.337 e. The van der Waals surface area contributed by atoms with Crippen molar-refractivity contribution in [1.29, 1.82) is 0 Å². The molecule has 0 aliphatic carbocycles. The van der Waals surface area contributed by atoms with E-state index in [-0.39, 0.29) is 5.97 Å². The maximum Gasteiger partial charge on any atom is 0.337 e. The largest absolute Gasteiger partial charge is 0.465 e.